The lowest BCUT2D eigenvalue weighted by Gasteiger charge is -2.20. The van der Waals surface area contributed by atoms with Crippen LogP contribution in [-0.2, 0) is 10.0 Å². The van der Waals surface area contributed by atoms with Gasteiger partial charge in [-0.2, -0.15) is 4.31 Å². The van der Waals surface area contributed by atoms with Gasteiger partial charge in [-0.05, 0) is 25.1 Å². The molecule has 0 aromatic heterocycles. The third kappa shape index (κ3) is 2.79. The maximum absolute atomic E-state index is 12.9. The summed E-state index contributed by atoms with van der Waals surface area (Å²) >= 11 is 6.17. The molecule has 0 atom stereocenters. The average molecular weight is 325 g/mol. The van der Waals surface area contributed by atoms with E-state index in [0.29, 0.717) is 34.9 Å². The second kappa shape index (κ2) is 5.93. The lowest BCUT2D eigenvalue weighted by molar-refractivity contribution is 0.432. The van der Waals surface area contributed by atoms with E-state index in [1.54, 1.807) is 16.4 Å². The van der Waals surface area contributed by atoms with Gasteiger partial charge in [0.1, 0.15) is 0 Å². The third-order valence-corrected chi connectivity index (χ3v) is 6.03. The van der Waals surface area contributed by atoms with Crippen molar-refractivity contribution < 1.29 is 8.42 Å². The van der Waals surface area contributed by atoms with E-state index in [1.165, 1.54) is 0 Å². The van der Waals surface area contributed by atoms with Crippen LogP contribution in [0.4, 0.5) is 0 Å². The Morgan fingerprint density at radius 1 is 1.00 bits per heavy atom. The summed E-state index contributed by atoms with van der Waals surface area (Å²) in [5.74, 6) is 0. The molecule has 2 aromatic rings. The number of sulfonamides is 1. The Morgan fingerprint density at radius 2 is 1.76 bits per heavy atom. The minimum atomic E-state index is -3.49. The number of rotatable bonds is 2. The van der Waals surface area contributed by atoms with Crippen molar-refractivity contribution in [2.24, 2.45) is 0 Å². The highest BCUT2D eigenvalue weighted by atomic mass is 35.5. The molecule has 3 rings (SSSR count). The maximum Gasteiger partial charge on any atom is 0.243 e. The summed E-state index contributed by atoms with van der Waals surface area (Å²) in [5.41, 5.74) is 0. The van der Waals surface area contributed by atoms with Crippen molar-refractivity contribution in [3.8, 4) is 0 Å². The highest BCUT2D eigenvalue weighted by Crippen LogP contribution is 2.30. The minimum Gasteiger partial charge on any atom is -0.315 e. The molecule has 1 saturated heterocycles. The Hall–Kier alpha value is -1.14. The molecular weight excluding hydrogens is 308 g/mol. The van der Waals surface area contributed by atoms with E-state index in [9.17, 15) is 8.42 Å². The van der Waals surface area contributed by atoms with Crippen LogP contribution < -0.4 is 5.32 Å². The predicted octanol–water partition coefficient (Wildman–Crippen LogP) is 2.48. The summed E-state index contributed by atoms with van der Waals surface area (Å²) in [6.07, 6.45) is 0.824. The van der Waals surface area contributed by atoms with Gasteiger partial charge in [0.2, 0.25) is 10.0 Å². The first-order chi connectivity index (χ1) is 10.1. The van der Waals surface area contributed by atoms with E-state index < -0.39 is 10.0 Å². The van der Waals surface area contributed by atoms with Crippen LogP contribution in [0.3, 0.4) is 0 Å². The summed E-state index contributed by atoms with van der Waals surface area (Å²) in [6, 6.07) is 10.6. The van der Waals surface area contributed by atoms with E-state index >= 15 is 0 Å². The van der Waals surface area contributed by atoms with Gasteiger partial charge in [-0.15, -0.1) is 0 Å². The van der Waals surface area contributed by atoms with Crippen molar-refractivity contribution in [2.75, 3.05) is 26.2 Å². The van der Waals surface area contributed by atoms with E-state index in [1.807, 2.05) is 24.3 Å². The van der Waals surface area contributed by atoms with E-state index in [2.05, 4.69) is 5.32 Å². The summed E-state index contributed by atoms with van der Waals surface area (Å²) < 4.78 is 27.4. The number of hydrogen-bond donors (Lipinski definition) is 1. The zero-order valence-electron chi connectivity index (χ0n) is 11.5. The van der Waals surface area contributed by atoms with Gasteiger partial charge in [0.05, 0.1) is 4.90 Å². The van der Waals surface area contributed by atoms with Crippen LogP contribution in [0.25, 0.3) is 10.8 Å². The fraction of sp³-hybridized carbons (Fsp3) is 0.333. The monoisotopic (exact) mass is 324 g/mol. The van der Waals surface area contributed by atoms with Crippen molar-refractivity contribution in [2.45, 2.75) is 11.3 Å². The standard InChI is InChI=1S/C15H17ClN2O2S/c16-14-6-7-15(13-5-2-1-4-12(13)14)21(19,20)18-10-3-8-17-9-11-18/h1-2,4-7,17H,3,8-11H2. The van der Waals surface area contributed by atoms with Gasteiger partial charge in [-0.3, -0.25) is 0 Å². The second-order valence-electron chi connectivity index (χ2n) is 5.10. The molecule has 1 heterocycles. The first-order valence-corrected chi connectivity index (χ1v) is 8.80. The van der Waals surface area contributed by atoms with Gasteiger partial charge in [-0.1, -0.05) is 35.9 Å². The van der Waals surface area contributed by atoms with E-state index in [0.717, 1.165) is 18.4 Å². The Bertz CT molecular complexity index is 753. The molecule has 1 N–H and O–H groups in total. The van der Waals surface area contributed by atoms with Gasteiger partial charge in [0.15, 0.2) is 0 Å². The number of benzene rings is 2. The van der Waals surface area contributed by atoms with Crippen molar-refractivity contribution in [1.29, 1.82) is 0 Å². The van der Waals surface area contributed by atoms with Crippen molar-refractivity contribution >= 4 is 32.4 Å². The highest BCUT2D eigenvalue weighted by molar-refractivity contribution is 7.89. The molecule has 0 unspecified atom stereocenters. The molecule has 6 heteroatoms. The minimum absolute atomic E-state index is 0.337. The molecule has 0 spiro atoms. The maximum atomic E-state index is 12.9. The van der Waals surface area contributed by atoms with Gasteiger partial charge >= 0.3 is 0 Å². The molecule has 0 aliphatic carbocycles. The van der Waals surface area contributed by atoms with Crippen molar-refractivity contribution in [3.05, 3.63) is 41.4 Å². The predicted molar refractivity (Wildman–Crippen MR) is 85.2 cm³/mol. The molecule has 0 radical (unpaired) electrons. The third-order valence-electron chi connectivity index (χ3n) is 3.75. The van der Waals surface area contributed by atoms with Gasteiger partial charge in [0, 0.05) is 35.4 Å². The number of hydrogen-bond acceptors (Lipinski definition) is 3. The van der Waals surface area contributed by atoms with Gasteiger partial charge < -0.3 is 5.32 Å². The summed E-state index contributed by atoms with van der Waals surface area (Å²) in [5, 5.41) is 5.25. The van der Waals surface area contributed by atoms with Crippen molar-refractivity contribution in [3.63, 3.8) is 0 Å². The lowest BCUT2D eigenvalue weighted by atomic mass is 10.1. The number of nitrogens with one attached hydrogen (secondary N) is 1. The molecule has 4 nitrogen and oxygen atoms in total. The molecular formula is C15H17ClN2O2S. The van der Waals surface area contributed by atoms with Gasteiger partial charge in [-0.25, -0.2) is 8.42 Å². The van der Waals surface area contributed by atoms with Crippen LogP contribution in [0.1, 0.15) is 6.42 Å². The first kappa shape index (κ1) is 14.8. The zero-order chi connectivity index (χ0) is 14.9. The van der Waals surface area contributed by atoms with Crippen LogP contribution in [0.15, 0.2) is 41.3 Å². The molecule has 2 aromatic carbocycles. The Labute approximate surface area is 129 Å². The molecule has 0 bridgehead atoms. The molecule has 1 fully saturated rings. The van der Waals surface area contributed by atoms with Crippen LogP contribution in [-0.4, -0.2) is 38.9 Å². The van der Waals surface area contributed by atoms with Crippen LogP contribution >= 0.6 is 11.6 Å². The Morgan fingerprint density at radius 3 is 2.57 bits per heavy atom. The second-order valence-corrected chi connectivity index (χ2v) is 7.41. The Balaban J connectivity index is 2.12. The summed E-state index contributed by atoms with van der Waals surface area (Å²) in [6.45, 7) is 2.59. The highest BCUT2D eigenvalue weighted by Gasteiger charge is 2.26. The lowest BCUT2D eigenvalue weighted by Crippen LogP contribution is -2.34. The molecule has 1 aliphatic heterocycles. The smallest absolute Gasteiger partial charge is 0.243 e. The first-order valence-electron chi connectivity index (χ1n) is 6.99. The summed E-state index contributed by atoms with van der Waals surface area (Å²) in [4.78, 5) is 0.337. The van der Waals surface area contributed by atoms with Crippen LogP contribution in [0, 0.1) is 0 Å². The fourth-order valence-electron chi connectivity index (χ4n) is 2.66. The SMILES string of the molecule is O=S(=O)(c1ccc(Cl)c2ccccc12)N1CCCNCC1. The normalized spacial score (nSPS) is 17.8. The molecule has 1 aliphatic rings. The van der Waals surface area contributed by atoms with Crippen LogP contribution in [0.2, 0.25) is 5.02 Å². The van der Waals surface area contributed by atoms with E-state index in [-0.39, 0.29) is 0 Å². The number of halogens is 1. The topological polar surface area (TPSA) is 49.4 Å². The molecule has 0 saturated carbocycles. The number of nitrogens with zero attached hydrogens (tertiary/aromatic N) is 1. The Kier molecular flexibility index (Phi) is 4.17. The van der Waals surface area contributed by atoms with Crippen LogP contribution in [0.5, 0.6) is 0 Å². The van der Waals surface area contributed by atoms with Crippen molar-refractivity contribution in [1.82, 2.24) is 9.62 Å². The molecule has 21 heavy (non-hydrogen) atoms. The number of fused-ring (bicyclic) bond motifs is 1. The van der Waals surface area contributed by atoms with Gasteiger partial charge in [0.25, 0.3) is 0 Å². The quantitative estimate of drug-likeness (QED) is 0.923. The average Bonchev–Trinajstić information content (AvgIpc) is 2.77. The summed E-state index contributed by atoms with van der Waals surface area (Å²) in [7, 11) is -3.49. The molecule has 0 amide bonds. The van der Waals surface area contributed by atoms with E-state index in [4.69, 9.17) is 11.6 Å². The fourth-order valence-corrected chi connectivity index (χ4v) is 4.56. The zero-order valence-corrected chi connectivity index (χ0v) is 13.1. The molecule has 112 valence electrons. The largest absolute Gasteiger partial charge is 0.315 e.